The summed E-state index contributed by atoms with van der Waals surface area (Å²) in [6.45, 7) is 0. The van der Waals surface area contributed by atoms with Crippen LogP contribution in [-0.2, 0) is 4.74 Å². The molecule has 2 aromatic rings. The van der Waals surface area contributed by atoms with E-state index in [1.165, 1.54) is 18.4 Å². The summed E-state index contributed by atoms with van der Waals surface area (Å²) in [5, 5.41) is 0. The molecule has 0 spiro atoms. The fraction of sp³-hybridized carbons (Fsp3) is 0.111. The monoisotopic (exact) mass is 225 g/mol. The second-order valence-electron chi connectivity index (χ2n) is 2.68. The highest BCUT2D eigenvalue weighted by Crippen LogP contribution is 2.22. The first kappa shape index (κ1) is 9.36. The number of H-pyrrole nitrogens is 1. The predicted octanol–water partition coefficient (Wildman–Crippen LogP) is 2.75. The van der Waals surface area contributed by atoms with E-state index in [1.807, 2.05) is 12.1 Å². The van der Waals surface area contributed by atoms with Crippen molar-refractivity contribution in [1.29, 1.82) is 0 Å². The number of methoxy groups -OCH3 is 1. The van der Waals surface area contributed by atoms with Crippen LogP contribution in [0.4, 0.5) is 0 Å². The van der Waals surface area contributed by atoms with E-state index < -0.39 is 0 Å². The molecule has 0 aliphatic carbocycles. The highest BCUT2D eigenvalue weighted by molar-refractivity contribution is 7.73. The quantitative estimate of drug-likeness (QED) is 0.599. The Bertz CT molecular complexity index is 541. The zero-order valence-corrected chi connectivity index (χ0v) is 9.00. The van der Waals surface area contributed by atoms with Gasteiger partial charge in [-0.25, -0.2) is 4.79 Å². The third-order valence-corrected chi connectivity index (χ3v) is 3.06. The number of para-hydroxylation sites is 1. The molecule has 0 aliphatic heterocycles. The number of nitrogens with one attached hydrogen (secondary N) is 1. The van der Waals surface area contributed by atoms with Crippen LogP contribution in [0.2, 0.25) is 0 Å². The summed E-state index contributed by atoms with van der Waals surface area (Å²) in [5.74, 6) is -0.348. The summed E-state index contributed by atoms with van der Waals surface area (Å²) in [7, 11) is 1.36. The molecule has 0 saturated carbocycles. The highest BCUT2D eigenvalue weighted by Gasteiger charge is 2.10. The first-order chi connectivity index (χ1) is 6.72. The van der Waals surface area contributed by atoms with E-state index in [0.717, 1.165) is 10.2 Å². The molecule has 0 radical (unpaired) electrons. The van der Waals surface area contributed by atoms with Gasteiger partial charge in [0.15, 0.2) is 3.95 Å². The third-order valence-electron chi connectivity index (χ3n) is 1.86. The molecule has 0 aliphatic rings. The van der Waals surface area contributed by atoms with E-state index >= 15 is 0 Å². The Morgan fingerprint density at radius 1 is 1.57 bits per heavy atom. The van der Waals surface area contributed by atoms with E-state index in [2.05, 4.69) is 9.72 Å². The topological polar surface area (TPSA) is 42.1 Å². The number of aromatic nitrogens is 1. The molecule has 1 aromatic heterocycles. The van der Waals surface area contributed by atoms with Crippen molar-refractivity contribution < 1.29 is 9.53 Å². The smallest absolute Gasteiger partial charge is 0.340 e. The van der Waals surface area contributed by atoms with Gasteiger partial charge >= 0.3 is 5.97 Å². The summed E-state index contributed by atoms with van der Waals surface area (Å²) in [5.41, 5.74) is 1.28. The number of thiazole rings is 1. The molecule has 1 aromatic carbocycles. The molecule has 1 heterocycles. The Morgan fingerprint density at radius 3 is 3.07 bits per heavy atom. The second-order valence-corrected chi connectivity index (χ2v) is 4.40. The van der Waals surface area contributed by atoms with Gasteiger partial charge < -0.3 is 9.72 Å². The lowest BCUT2D eigenvalue weighted by Gasteiger charge is -1.99. The fourth-order valence-corrected chi connectivity index (χ4v) is 2.39. The number of ether oxygens (including phenoxy) is 1. The van der Waals surface area contributed by atoms with E-state index in [9.17, 15) is 4.79 Å². The molecule has 0 atom stereocenters. The van der Waals surface area contributed by atoms with Crippen LogP contribution in [0.3, 0.4) is 0 Å². The lowest BCUT2D eigenvalue weighted by Crippen LogP contribution is -2.01. The second kappa shape index (κ2) is 3.51. The number of hydrogen-bond acceptors (Lipinski definition) is 4. The van der Waals surface area contributed by atoms with Gasteiger partial charge in [-0.3, -0.25) is 0 Å². The van der Waals surface area contributed by atoms with Crippen molar-refractivity contribution in [2.45, 2.75) is 0 Å². The number of aromatic amines is 1. The van der Waals surface area contributed by atoms with Gasteiger partial charge in [-0.05, 0) is 24.4 Å². The Labute approximate surface area is 89.3 Å². The summed E-state index contributed by atoms with van der Waals surface area (Å²) < 4.78 is 6.30. The van der Waals surface area contributed by atoms with Crippen molar-refractivity contribution >= 4 is 39.7 Å². The number of rotatable bonds is 1. The molecule has 0 saturated heterocycles. The van der Waals surface area contributed by atoms with Crippen molar-refractivity contribution in [2.24, 2.45) is 0 Å². The number of fused-ring (bicyclic) bond motifs is 1. The van der Waals surface area contributed by atoms with Gasteiger partial charge in [0.05, 0.1) is 22.9 Å². The summed E-state index contributed by atoms with van der Waals surface area (Å²) in [4.78, 5) is 14.3. The molecule has 3 nitrogen and oxygen atoms in total. The molecule has 0 fully saturated rings. The molecule has 0 amide bonds. The summed E-state index contributed by atoms with van der Waals surface area (Å²) in [6, 6.07) is 5.44. The third kappa shape index (κ3) is 1.44. The van der Waals surface area contributed by atoms with Crippen LogP contribution >= 0.6 is 23.6 Å². The average Bonchev–Trinajstić information content (AvgIpc) is 2.56. The van der Waals surface area contributed by atoms with Crippen LogP contribution in [0, 0.1) is 3.95 Å². The lowest BCUT2D eigenvalue weighted by molar-refractivity contribution is 0.0603. The van der Waals surface area contributed by atoms with Crippen molar-refractivity contribution in [3.05, 3.63) is 27.7 Å². The molecular weight excluding hydrogens is 218 g/mol. The van der Waals surface area contributed by atoms with E-state index in [1.54, 1.807) is 6.07 Å². The molecule has 5 heteroatoms. The SMILES string of the molecule is COC(=O)c1cccc2sc(=S)[nH]c12. The van der Waals surface area contributed by atoms with Gasteiger partial charge in [0.2, 0.25) is 0 Å². The van der Waals surface area contributed by atoms with Crippen LogP contribution in [0.5, 0.6) is 0 Å². The minimum atomic E-state index is -0.348. The van der Waals surface area contributed by atoms with E-state index in [0.29, 0.717) is 9.52 Å². The maximum atomic E-state index is 11.4. The largest absolute Gasteiger partial charge is 0.465 e. The van der Waals surface area contributed by atoms with Gasteiger partial charge in [0.25, 0.3) is 0 Å². The minimum Gasteiger partial charge on any atom is -0.465 e. The maximum Gasteiger partial charge on any atom is 0.340 e. The van der Waals surface area contributed by atoms with Gasteiger partial charge in [0, 0.05) is 0 Å². The van der Waals surface area contributed by atoms with Crippen molar-refractivity contribution in [3.8, 4) is 0 Å². The first-order valence-corrected chi connectivity index (χ1v) is 5.15. The fourth-order valence-electron chi connectivity index (χ4n) is 1.25. The van der Waals surface area contributed by atoms with Crippen LogP contribution in [0.1, 0.15) is 10.4 Å². The van der Waals surface area contributed by atoms with Gasteiger partial charge in [-0.1, -0.05) is 6.07 Å². The summed E-state index contributed by atoms with van der Waals surface area (Å²) in [6.07, 6.45) is 0. The molecule has 1 N–H and O–H groups in total. The number of carbonyl (C=O) groups is 1. The minimum absolute atomic E-state index is 0.348. The molecular formula is C9H7NO2S2. The Balaban J connectivity index is 2.76. The molecule has 2 rings (SSSR count). The standard InChI is InChI=1S/C9H7NO2S2/c1-12-8(11)5-3-2-4-6-7(5)10-9(13)14-6/h2-4H,1H3,(H,10,13). The van der Waals surface area contributed by atoms with Crippen molar-refractivity contribution in [3.63, 3.8) is 0 Å². The molecule has 0 bridgehead atoms. The molecule has 14 heavy (non-hydrogen) atoms. The van der Waals surface area contributed by atoms with Crippen molar-refractivity contribution in [2.75, 3.05) is 7.11 Å². The maximum absolute atomic E-state index is 11.4. The number of carbonyl (C=O) groups excluding carboxylic acids is 1. The van der Waals surface area contributed by atoms with E-state index in [4.69, 9.17) is 12.2 Å². The first-order valence-electron chi connectivity index (χ1n) is 3.92. The lowest BCUT2D eigenvalue weighted by atomic mass is 10.2. The zero-order chi connectivity index (χ0) is 10.1. The predicted molar refractivity (Wildman–Crippen MR) is 58.3 cm³/mol. The van der Waals surface area contributed by atoms with Crippen LogP contribution < -0.4 is 0 Å². The van der Waals surface area contributed by atoms with Crippen LogP contribution in [0.15, 0.2) is 18.2 Å². The van der Waals surface area contributed by atoms with Gasteiger partial charge in [0.1, 0.15) is 0 Å². The Kier molecular flexibility index (Phi) is 2.35. The normalized spacial score (nSPS) is 10.4. The van der Waals surface area contributed by atoms with E-state index in [-0.39, 0.29) is 5.97 Å². The Hall–Kier alpha value is -1.20. The highest BCUT2D eigenvalue weighted by atomic mass is 32.1. The van der Waals surface area contributed by atoms with Gasteiger partial charge in [-0.2, -0.15) is 0 Å². The number of benzene rings is 1. The molecule has 72 valence electrons. The van der Waals surface area contributed by atoms with Gasteiger partial charge in [-0.15, -0.1) is 11.3 Å². The average molecular weight is 225 g/mol. The Morgan fingerprint density at radius 2 is 2.36 bits per heavy atom. The summed E-state index contributed by atoms with van der Waals surface area (Å²) >= 11 is 6.45. The van der Waals surface area contributed by atoms with Crippen LogP contribution in [-0.4, -0.2) is 18.1 Å². The van der Waals surface area contributed by atoms with Crippen molar-refractivity contribution in [1.82, 2.24) is 4.98 Å². The number of hydrogen-bond donors (Lipinski definition) is 1. The van der Waals surface area contributed by atoms with Crippen LogP contribution in [0.25, 0.3) is 10.2 Å². The number of esters is 1. The zero-order valence-electron chi connectivity index (χ0n) is 7.37. The molecule has 0 unspecified atom stereocenters.